The maximum Gasteiger partial charge on any atom is 0.692 e. The molecule has 1 aliphatic rings. The molecular formula is C4H9O4P2+. The standard InChI is InChI=1S/C4H7OP.HO3P/c5-6-3-1-2-4-6;1-4(2)3/h3H,1-2,4H2;(H-,1,2,3)/p+1. The van der Waals surface area contributed by atoms with Crippen molar-refractivity contribution in [1.29, 1.82) is 0 Å². The molecule has 0 radical (unpaired) electrons. The smallest absolute Gasteiger partial charge is 0.631 e. The first kappa shape index (κ1) is 10.2. The van der Waals surface area contributed by atoms with E-state index in [1.54, 1.807) is 0 Å². The van der Waals surface area contributed by atoms with Gasteiger partial charge in [0.15, 0.2) is 0 Å². The second kappa shape index (κ2) is 5.90. The maximum absolute atomic E-state index is 10.3. The molecule has 1 rings (SSSR count). The highest BCUT2D eigenvalue weighted by molar-refractivity contribution is 7.50. The Morgan fingerprint density at radius 3 is 2.20 bits per heavy atom. The average Bonchev–Trinajstić information content (AvgIpc) is 2.15. The highest BCUT2D eigenvalue weighted by atomic mass is 31.1. The summed E-state index contributed by atoms with van der Waals surface area (Å²) in [5.74, 6) is 1.91. The molecule has 2 N–H and O–H groups in total. The highest BCUT2D eigenvalue weighted by Gasteiger charge is 2.02. The fourth-order valence-electron chi connectivity index (χ4n) is 0.574. The van der Waals surface area contributed by atoms with E-state index < -0.39 is 16.0 Å². The zero-order valence-electron chi connectivity index (χ0n) is 5.30. The molecule has 1 unspecified atom stereocenters. The van der Waals surface area contributed by atoms with Crippen molar-refractivity contribution in [2.24, 2.45) is 0 Å². The second-order valence-corrected chi connectivity index (χ2v) is 3.87. The molecule has 0 spiro atoms. The molecule has 0 aliphatic carbocycles. The Labute approximate surface area is 60.9 Å². The van der Waals surface area contributed by atoms with Crippen LogP contribution in [0.15, 0.2) is 0 Å². The molecule has 1 heterocycles. The normalized spacial score (nSPS) is 18.9. The predicted octanol–water partition coefficient (Wildman–Crippen LogP) is -0.0320. The van der Waals surface area contributed by atoms with E-state index in [-0.39, 0.29) is 0 Å². The van der Waals surface area contributed by atoms with E-state index in [1.807, 2.05) is 5.80 Å². The Morgan fingerprint density at radius 1 is 1.60 bits per heavy atom. The lowest BCUT2D eigenvalue weighted by atomic mass is 10.4. The minimum atomic E-state index is -2.87. The molecule has 0 aromatic carbocycles. The highest BCUT2D eigenvalue weighted by Crippen LogP contribution is 2.18. The van der Waals surface area contributed by atoms with Crippen LogP contribution < -0.4 is 4.89 Å². The van der Waals surface area contributed by atoms with Gasteiger partial charge in [0.1, 0.15) is 6.16 Å². The van der Waals surface area contributed by atoms with Gasteiger partial charge in [0.25, 0.3) is 0 Å². The molecule has 58 valence electrons. The van der Waals surface area contributed by atoms with Crippen LogP contribution in [0.1, 0.15) is 12.8 Å². The van der Waals surface area contributed by atoms with Gasteiger partial charge in [0.2, 0.25) is 0 Å². The third-order valence-electron chi connectivity index (χ3n) is 0.915. The Balaban J connectivity index is 0.000000180. The van der Waals surface area contributed by atoms with Crippen LogP contribution in [-0.4, -0.2) is 21.7 Å². The Morgan fingerprint density at radius 2 is 2.10 bits per heavy atom. The van der Waals surface area contributed by atoms with Crippen molar-refractivity contribution in [2.75, 3.05) is 6.16 Å². The van der Waals surface area contributed by atoms with Crippen molar-refractivity contribution in [3.05, 3.63) is 0 Å². The van der Waals surface area contributed by atoms with Gasteiger partial charge in [0, 0.05) is 18.8 Å². The molecule has 4 nitrogen and oxygen atoms in total. The van der Waals surface area contributed by atoms with E-state index in [1.165, 1.54) is 0 Å². The van der Waals surface area contributed by atoms with E-state index >= 15 is 0 Å². The van der Waals surface area contributed by atoms with Crippen LogP contribution in [0.4, 0.5) is 0 Å². The monoisotopic (exact) mass is 183 g/mol. The van der Waals surface area contributed by atoms with E-state index in [2.05, 4.69) is 0 Å². The van der Waals surface area contributed by atoms with E-state index in [4.69, 9.17) is 14.4 Å². The first-order valence-corrected chi connectivity index (χ1v) is 5.43. The van der Waals surface area contributed by atoms with E-state index in [0.717, 1.165) is 19.0 Å². The molecule has 0 fully saturated rings. The molecule has 10 heavy (non-hydrogen) atoms. The van der Waals surface area contributed by atoms with Crippen molar-refractivity contribution < 1.29 is 19.2 Å². The third kappa shape index (κ3) is 8.15. The van der Waals surface area contributed by atoms with Gasteiger partial charge < -0.3 is 4.89 Å². The van der Waals surface area contributed by atoms with Crippen molar-refractivity contribution in [3.8, 4) is 0 Å². The molecule has 0 saturated carbocycles. The molecule has 6 heteroatoms. The molecule has 0 saturated heterocycles. The number of rotatable bonds is 0. The van der Waals surface area contributed by atoms with Crippen LogP contribution in [0, 0.1) is 0 Å². The molecule has 0 aromatic heterocycles. The fourth-order valence-corrected chi connectivity index (χ4v) is 1.72. The lowest BCUT2D eigenvalue weighted by molar-refractivity contribution is -0.152. The van der Waals surface area contributed by atoms with Crippen molar-refractivity contribution in [3.63, 3.8) is 0 Å². The third-order valence-corrected chi connectivity index (χ3v) is 2.34. The zero-order valence-corrected chi connectivity index (χ0v) is 7.09. The van der Waals surface area contributed by atoms with Gasteiger partial charge >= 0.3 is 8.25 Å². The summed E-state index contributed by atoms with van der Waals surface area (Å²) < 4.78 is 8.70. The minimum Gasteiger partial charge on any atom is -0.631 e. The molecule has 1 atom stereocenters. The SMILES string of the molecule is O=[P+](O)O.[O-][P+]1=CCCC1. The van der Waals surface area contributed by atoms with Crippen molar-refractivity contribution in [2.45, 2.75) is 12.8 Å². The van der Waals surface area contributed by atoms with E-state index in [9.17, 15) is 4.89 Å². The molecular weight excluding hydrogens is 174 g/mol. The summed E-state index contributed by atoms with van der Waals surface area (Å²) in [5, 5.41) is 0. The predicted molar refractivity (Wildman–Crippen MR) is 39.1 cm³/mol. The molecule has 1 aliphatic heterocycles. The Hall–Kier alpha value is 0.150. The zero-order chi connectivity index (χ0) is 7.98. The van der Waals surface area contributed by atoms with Gasteiger partial charge in [-0.05, 0) is 6.42 Å². The van der Waals surface area contributed by atoms with Crippen LogP contribution in [0.25, 0.3) is 0 Å². The largest absolute Gasteiger partial charge is 0.692 e. The average molecular weight is 183 g/mol. The van der Waals surface area contributed by atoms with Gasteiger partial charge in [-0.25, -0.2) is 0 Å². The van der Waals surface area contributed by atoms with Crippen LogP contribution in [0.2, 0.25) is 0 Å². The van der Waals surface area contributed by atoms with Gasteiger partial charge in [-0.1, -0.05) is 0 Å². The van der Waals surface area contributed by atoms with Gasteiger partial charge in [-0.3, -0.25) is 0 Å². The lowest BCUT2D eigenvalue weighted by Crippen LogP contribution is -1.85. The number of hydrogen-bond acceptors (Lipinski definition) is 2. The van der Waals surface area contributed by atoms with Crippen LogP contribution in [0.3, 0.4) is 0 Å². The topological polar surface area (TPSA) is 80.6 Å². The first-order valence-electron chi connectivity index (χ1n) is 2.75. The number of hydrogen-bond donors (Lipinski definition) is 2. The summed E-state index contributed by atoms with van der Waals surface area (Å²) in [7, 11) is -3.71. The first-order chi connectivity index (χ1) is 4.63. The molecule has 0 aromatic rings. The van der Waals surface area contributed by atoms with Crippen molar-refractivity contribution in [1.82, 2.24) is 0 Å². The Kier molecular flexibility index (Phi) is 5.99. The van der Waals surface area contributed by atoms with Gasteiger partial charge in [0.05, 0.1) is 5.80 Å². The molecule has 0 amide bonds. The summed E-state index contributed by atoms with van der Waals surface area (Å²) in [6.07, 6.45) is 3.17. The summed E-state index contributed by atoms with van der Waals surface area (Å²) in [4.78, 5) is 24.6. The fraction of sp³-hybridized carbons (Fsp3) is 0.750. The minimum absolute atomic E-state index is 0.840. The maximum atomic E-state index is 10.3. The van der Waals surface area contributed by atoms with Crippen molar-refractivity contribution >= 4 is 21.8 Å². The summed E-state index contributed by atoms with van der Waals surface area (Å²) >= 11 is 0. The second-order valence-electron chi connectivity index (χ2n) is 1.72. The lowest BCUT2D eigenvalue weighted by Gasteiger charge is -1.81. The van der Waals surface area contributed by atoms with Crippen LogP contribution >= 0.6 is 16.0 Å². The van der Waals surface area contributed by atoms with Crippen LogP contribution in [-0.2, 0) is 4.57 Å². The summed E-state index contributed by atoms with van der Waals surface area (Å²) in [6, 6.07) is 0. The summed E-state index contributed by atoms with van der Waals surface area (Å²) in [5.41, 5.74) is 0. The van der Waals surface area contributed by atoms with Crippen LogP contribution in [0.5, 0.6) is 0 Å². The van der Waals surface area contributed by atoms with E-state index in [0.29, 0.717) is 0 Å². The van der Waals surface area contributed by atoms with Gasteiger partial charge in [-0.15, -0.1) is 9.79 Å². The molecule has 0 bridgehead atoms. The quantitative estimate of drug-likeness (QED) is 0.516. The Bertz CT molecular complexity index is 140. The summed E-state index contributed by atoms with van der Waals surface area (Å²) in [6.45, 7) is 0. The van der Waals surface area contributed by atoms with Gasteiger partial charge in [-0.2, -0.15) is 0 Å².